The standard InChI is InChI=1S/C13H13NO2/c1-3-7-11-12(16-14(2)13(11)15)10-8-5-4-6-9-10/h3-6,8-9H,1,7H2,2H3. The molecule has 0 unspecified atom stereocenters. The minimum absolute atomic E-state index is 0.0984. The van der Waals surface area contributed by atoms with Gasteiger partial charge in [0.05, 0.1) is 5.56 Å². The van der Waals surface area contributed by atoms with Gasteiger partial charge in [0.2, 0.25) is 0 Å². The van der Waals surface area contributed by atoms with Crippen LogP contribution in [0.4, 0.5) is 0 Å². The van der Waals surface area contributed by atoms with Crippen molar-refractivity contribution < 1.29 is 4.52 Å². The summed E-state index contributed by atoms with van der Waals surface area (Å²) in [5, 5.41) is 0. The molecule has 2 aromatic rings. The summed E-state index contributed by atoms with van der Waals surface area (Å²) in [6.45, 7) is 3.65. The Morgan fingerprint density at radius 2 is 2.06 bits per heavy atom. The average molecular weight is 215 g/mol. The first kappa shape index (κ1) is 10.5. The first-order valence-electron chi connectivity index (χ1n) is 5.09. The van der Waals surface area contributed by atoms with Crippen molar-refractivity contribution in [2.75, 3.05) is 0 Å². The molecule has 0 aliphatic carbocycles. The minimum atomic E-state index is -0.0984. The van der Waals surface area contributed by atoms with Gasteiger partial charge >= 0.3 is 0 Å². The first-order valence-corrected chi connectivity index (χ1v) is 5.09. The number of aromatic nitrogens is 1. The smallest absolute Gasteiger partial charge is 0.286 e. The first-order chi connectivity index (χ1) is 7.74. The summed E-state index contributed by atoms with van der Waals surface area (Å²) >= 11 is 0. The summed E-state index contributed by atoms with van der Waals surface area (Å²) in [7, 11) is 1.61. The number of rotatable bonds is 3. The van der Waals surface area contributed by atoms with Gasteiger partial charge in [-0.15, -0.1) is 6.58 Å². The Labute approximate surface area is 93.6 Å². The maximum atomic E-state index is 11.8. The third-order valence-electron chi connectivity index (χ3n) is 2.43. The third-order valence-corrected chi connectivity index (χ3v) is 2.43. The highest BCUT2D eigenvalue weighted by Gasteiger charge is 2.15. The van der Waals surface area contributed by atoms with E-state index >= 15 is 0 Å². The van der Waals surface area contributed by atoms with Crippen molar-refractivity contribution in [2.45, 2.75) is 6.42 Å². The van der Waals surface area contributed by atoms with Crippen LogP contribution in [0.25, 0.3) is 11.3 Å². The molecule has 82 valence electrons. The molecule has 3 nitrogen and oxygen atoms in total. The predicted molar refractivity (Wildman–Crippen MR) is 63.3 cm³/mol. The molecule has 0 bridgehead atoms. The van der Waals surface area contributed by atoms with Crippen LogP contribution in [0.5, 0.6) is 0 Å². The Kier molecular flexibility index (Phi) is 2.77. The number of hydrogen-bond acceptors (Lipinski definition) is 2. The molecular weight excluding hydrogens is 202 g/mol. The van der Waals surface area contributed by atoms with Crippen molar-refractivity contribution in [3.63, 3.8) is 0 Å². The van der Waals surface area contributed by atoms with Crippen molar-refractivity contribution in [1.82, 2.24) is 4.74 Å². The van der Waals surface area contributed by atoms with Gasteiger partial charge in [-0.3, -0.25) is 4.79 Å². The highest BCUT2D eigenvalue weighted by Crippen LogP contribution is 2.21. The molecule has 3 heteroatoms. The van der Waals surface area contributed by atoms with Gasteiger partial charge in [-0.25, -0.2) is 0 Å². The molecule has 0 atom stereocenters. The molecule has 1 aromatic carbocycles. The van der Waals surface area contributed by atoms with Crippen molar-refractivity contribution in [3.05, 3.63) is 58.9 Å². The van der Waals surface area contributed by atoms with Crippen molar-refractivity contribution in [3.8, 4) is 11.3 Å². The van der Waals surface area contributed by atoms with Gasteiger partial charge in [0.25, 0.3) is 5.56 Å². The largest absolute Gasteiger partial charge is 0.376 e. The van der Waals surface area contributed by atoms with Crippen LogP contribution in [0.1, 0.15) is 5.56 Å². The molecule has 0 saturated carbocycles. The molecule has 0 saturated heterocycles. The van der Waals surface area contributed by atoms with Crippen LogP contribution in [-0.2, 0) is 13.5 Å². The van der Waals surface area contributed by atoms with E-state index in [2.05, 4.69) is 6.58 Å². The van der Waals surface area contributed by atoms with Crippen LogP contribution < -0.4 is 5.56 Å². The molecule has 1 heterocycles. The van der Waals surface area contributed by atoms with Crippen molar-refractivity contribution in [1.29, 1.82) is 0 Å². The molecule has 2 rings (SSSR count). The molecule has 0 spiro atoms. The van der Waals surface area contributed by atoms with Crippen LogP contribution in [0.3, 0.4) is 0 Å². The van der Waals surface area contributed by atoms with Crippen molar-refractivity contribution >= 4 is 0 Å². The summed E-state index contributed by atoms with van der Waals surface area (Å²) in [6, 6.07) is 9.60. The van der Waals surface area contributed by atoms with E-state index in [1.165, 1.54) is 4.74 Å². The lowest BCUT2D eigenvalue weighted by Gasteiger charge is -1.97. The Bertz CT molecular complexity index is 549. The number of aryl methyl sites for hydroxylation is 1. The van der Waals surface area contributed by atoms with Gasteiger partial charge in [0.1, 0.15) is 0 Å². The Hall–Kier alpha value is -2.03. The van der Waals surface area contributed by atoms with Crippen LogP contribution in [0.2, 0.25) is 0 Å². The van der Waals surface area contributed by atoms with E-state index in [-0.39, 0.29) is 5.56 Å². The fourth-order valence-corrected chi connectivity index (χ4v) is 1.66. The highest BCUT2D eigenvalue weighted by molar-refractivity contribution is 5.60. The second-order valence-electron chi connectivity index (χ2n) is 3.56. The fraction of sp³-hybridized carbons (Fsp3) is 0.154. The topological polar surface area (TPSA) is 35.1 Å². The molecule has 0 radical (unpaired) electrons. The fourth-order valence-electron chi connectivity index (χ4n) is 1.66. The third kappa shape index (κ3) is 1.72. The van der Waals surface area contributed by atoms with Gasteiger partial charge in [0, 0.05) is 12.6 Å². The lowest BCUT2D eigenvalue weighted by atomic mass is 10.1. The minimum Gasteiger partial charge on any atom is -0.376 e. The normalized spacial score (nSPS) is 10.3. The van der Waals surface area contributed by atoms with E-state index in [0.717, 1.165) is 5.56 Å². The van der Waals surface area contributed by atoms with Crippen LogP contribution >= 0.6 is 0 Å². The number of hydrogen-bond donors (Lipinski definition) is 0. The number of allylic oxidation sites excluding steroid dienone is 1. The maximum absolute atomic E-state index is 11.8. The summed E-state index contributed by atoms with van der Waals surface area (Å²) in [5.41, 5.74) is 1.47. The summed E-state index contributed by atoms with van der Waals surface area (Å²) < 4.78 is 6.69. The average Bonchev–Trinajstić information content (AvgIpc) is 2.59. The van der Waals surface area contributed by atoms with Crippen LogP contribution in [-0.4, -0.2) is 4.74 Å². The monoisotopic (exact) mass is 215 g/mol. The predicted octanol–water partition coefficient (Wildman–Crippen LogP) is 2.37. The lowest BCUT2D eigenvalue weighted by Crippen LogP contribution is -2.13. The zero-order valence-corrected chi connectivity index (χ0v) is 9.14. The summed E-state index contributed by atoms with van der Waals surface area (Å²) in [5.74, 6) is 0.632. The molecule has 0 aliphatic heterocycles. The van der Waals surface area contributed by atoms with Gasteiger partial charge in [-0.1, -0.05) is 36.4 Å². The Morgan fingerprint density at radius 1 is 1.38 bits per heavy atom. The van der Waals surface area contributed by atoms with E-state index in [9.17, 15) is 4.79 Å². The molecule has 16 heavy (non-hydrogen) atoms. The van der Waals surface area contributed by atoms with E-state index in [4.69, 9.17) is 4.52 Å². The second-order valence-corrected chi connectivity index (χ2v) is 3.56. The molecule has 1 aromatic heterocycles. The maximum Gasteiger partial charge on any atom is 0.286 e. The summed E-state index contributed by atoms with van der Waals surface area (Å²) in [4.78, 5) is 11.8. The van der Waals surface area contributed by atoms with Gasteiger partial charge in [-0.2, -0.15) is 4.74 Å². The molecule has 0 amide bonds. The lowest BCUT2D eigenvalue weighted by molar-refractivity contribution is 0.307. The number of nitrogens with zero attached hydrogens (tertiary/aromatic N) is 1. The van der Waals surface area contributed by atoms with Gasteiger partial charge in [0.15, 0.2) is 5.76 Å². The van der Waals surface area contributed by atoms with Crippen LogP contribution in [0.15, 0.2) is 52.3 Å². The molecular formula is C13H13NO2. The number of benzene rings is 1. The Balaban J connectivity index is 2.61. The SMILES string of the molecule is C=CCc1c(-c2ccccc2)on(C)c1=O. The van der Waals surface area contributed by atoms with Crippen molar-refractivity contribution in [2.24, 2.45) is 7.05 Å². The quantitative estimate of drug-likeness (QED) is 0.737. The second kappa shape index (κ2) is 4.23. The van der Waals surface area contributed by atoms with E-state index < -0.39 is 0 Å². The highest BCUT2D eigenvalue weighted by atomic mass is 16.5. The zero-order valence-electron chi connectivity index (χ0n) is 9.14. The van der Waals surface area contributed by atoms with E-state index in [1.807, 2.05) is 30.3 Å². The van der Waals surface area contributed by atoms with E-state index in [0.29, 0.717) is 17.7 Å². The molecule has 0 fully saturated rings. The van der Waals surface area contributed by atoms with E-state index in [1.54, 1.807) is 13.1 Å². The molecule has 0 N–H and O–H groups in total. The molecule has 0 aliphatic rings. The zero-order chi connectivity index (χ0) is 11.5. The van der Waals surface area contributed by atoms with Crippen LogP contribution in [0, 0.1) is 0 Å². The van der Waals surface area contributed by atoms with Gasteiger partial charge < -0.3 is 4.52 Å². The summed E-state index contributed by atoms with van der Waals surface area (Å²) in [6.07, 6.45) is 2.23. The Morgan fingerprint density at radius 3 is 2.69 bits per heavy atom. The van der Waals surface area contributed by atoms with Gasteiger partial charge in [-0.05, 0) is 6.42 Å².